The van der Waals surface area contributed by atoms with Gasteiger partial charge < -0.3 is 0 Å². The lowest BCUT2D eigenvalue weighted by Crippen LogP contribution is -1.66. The van der Waals surface area contributed by atoms with Crippen molar-refractivity contribution in [2.75, 3.05) is 0 Å². The maximum Gasteiger partial charge on any atom is -0.0398 e. The van der Waals surface area contributed by atoms with E-state index in [2.05, 4.69) is 13.2 Å². The van der Waals surface area contributed by atoms with Crippen LogP contribution in [0.1, 0.15) is 13.8 Å². The highest BCUT2D eigenvalue weighted by Gasteiger charge is 1.76. The van der Waals surface area contributed by atoms with Gasteiger partial charge in [-0.25, -0.2) is 0 Å². The van der Waals surface area contributed by atoms with Gasteiger partial charge in [-0.3, -0.25) is 0 Å². The van der Waals surface area contributed by atoms with Gasteiger partial charge in [-0.1, -0.05) is 48.6 Å². The van der Waals surface area contributed by atoms with Gasteiger partial charge in [0.1, 0.15) is 0 Å². The van der Waals surface area contributed by atoms with Crippen LogP contribution in [0, 0.1) is 0 Å². The number of allylic oxidation sites excluding steroid dienone is 6. The van der Waals surface area contributed by atoms with Gasteiger partial charge in [-0.05, 0) is 13.8 Å². The summed E-state index contributed by atoms with van der Waals surface area (Å²) in [7, 11) is 0. The van der Waals surface area contributed by atoms with E-state index in [-0.39, 0.29) is 0 Å². The van der Waals surface area contributed by atoms with Crippen molar-refractivity contribution < 1.29 is 0 Å². The first kappa shape index (κ1) is 8.96. The molecule has 0 unspecified atom stereocenters. The van der Waals surface area contributed by atoms with Crippen LogP contribution in [0.15, 0.2) is 48.6 Å². The molecule has 0 aliphatic carbocycles. The first-order valence-electron chi connectivity index (χ1n) is 3.30. The third-order valence-corrected chi connectivity index (χ3v) is 1.25. The summed E-state index contributed by atoms with van der Waals surface area (Å²) in [6.07, 6.45) is 7.69. The molecule has 0 atom stereocenters. The molecule has 54 valence electrons. The van der Waals surface area contributed by atoms with E-state index < -0.39 is 0 Å². The summed E-state index contributed by atoms with van der Waals surface area (Å²) in [5, 5.41) is 0. The van der Waals surface area contributed by atoms with Gasteiger partial charge in [0.25, 0.3) is 0 Å². The summed E-state index contributed by atoms with van der Waals surface area (Å²) in [4.78, 5) is 0. The maximum atomic E-state index is 3.64. The SMILES string of the molecule is C=C/C(C)=C/C=C(\C)C=C. The van der Waals surface area contributed by atoms with Crippen LogP contribution in [0.2, 0.25) is 0 Å². The zero-order valence-corrected chi connectivity index (χ0v) is 6.72. The first-order valence-corrected chi connectivity index (χ1v) is 3.30. The standard InChI is InChI=1S/C10H14/c1-5-9(3)7-8-10(4)6-2/h5-8H,1-2H2,3-4H3/b9-7+,10-8+. The molecule has 0 amide bonds. The minimum Gasteiger partial charge on any atom is -0.0988 e. The fraction of sp³-hybridized carbons (Fsp3) is 0.200. The van der Waals surface area contributed by atoms with E-state index in [9.17, 15) is 0 Å². The molecule has 0 aromatic carbocycles. The van der Waals surface area contributed by atoms with Crippen molar-refractivity contribution in [1.29, 1.82) is 0 Å². The van der Waals surface area contributed by atoms with Crippen LogP contribution in [0.25, 0.3) is 0 Å². The topological polar surface area (TPSA) is 0 Å². The molecule has 0 aromatic rings. The Morgan fingerprint density at radius 1 is 0.900 bits per heavy atom. The van der Waals surface area contributed by atoms with Crippen LogP contribution < -0.4 is 0 Å². The Labute approximate surface area is 63.3 Å². The van der Waals surface area contributed by atoms with Crippen molar-refractivity contribution in [3.8, 4) is 0 Å². The van der Waals surface area contributed by atoms with E-state index in [4.69, 9.17) is 0 Å². The second-order valence-electron chi connectivity index (χ2n) is 2.23. The summed E-state index contributed by atoms with van der Waals surface area (Å²) in [5.74, 6) is 0. The summed E-state index contributed by atoms with van der Waals surface area (Å²) >= 11 is 0. The molecule has 0 saturated carbocycles. The quantitative estimate of drug-likeness (QED) is 0.520. The lowest BCUT2D eigenvalue weighted by Gasteiger charge is -1.87. The van der Waals surface area contributed by atoms with Crippen molar-refractivity contribution in [2.24, 2.45) is 0 Å². The number of hydrogen-bond acceptors (Lipinski definition) is 0. The highest BCUT2D eigenvalue weighted by Crippen LogP contribution is 1.97. The van der Waals surface area contributed by atoms with Crippen molar-refractivity contribution in [3.63, 3.8) is 0 Å². The summed E-state index contributed by atoms with van der Waals surface area (Å²) < 4.78 is 0. The fourth-order valence-corrected chi connectivity index (χ4v) is 0.399. The third-order valence-electron chi connectivity index (χ3n) is 1.25. The number of rotatable bonds is 3. The molecule has 0 aromatic heterocycles. The highest BCUT2D eigenvalue weighted by atomic mass is 13.8. The van der Waals surface area contributed by atoms with Gasteiger partial charge in [0, 0.05) is 0 Å². The molecule has 0 nitrogen and oxygen atoms in total. The third kappa shape index (κ3) is 3.90. The summed E-state index contributed by atoms with van der Waals surface area (Å²) in [6.45, 7) is 11.3. The molecule has 0 heteroatoms. The second-order valence-corrected chi connectivity index (χ2v) is 2.23. The van der Waals surface area contributed by atoms with Crippen LogP contribution in [0.3, 0.4) is 0 Å². The molecular formula is C10H14. The Morgan fingerprint density at radius 3 is 1.40 bits per heavy atom. The minimum absolute atomic E-state index is 1.17. The Hall–Kier alpha value is -1.04. The second kappa shape index (κ2) is 4.80. The fourth-order valence-electron chi connectivity index (χ4n) is 0.399. The minimum atomic E-state index is 1.17. The molecule has 0 N–H and O–H groups in total. The molecule has 0 heterocycles. The largest absolute Gasteiger partial charge is 0.0988 e. The zero-order valence-electron chi connectivity index (χ0n) is 6.72. The van der Waals surface area contributed by atoms with Crippen molar-refractivity contribution in [2.45, 2.75) is 13.8 Å². The lowest BCUT2D eigenvalue weighted by molar-refractivity contribution is 1.49. The normalized spacial score (nSPS) is 13.0. The zero-order chi connectivity index (χ0) is 7.98. The van der Waals surface area contributed by atoms with E-state index in [1.165, 1.54) is 11.1 Å². The highest BCUT2D eigenvalue weighted by molar-refractivity contribution is 5.25. The van der Waals surface area contributed by atoms with E-state index >= 15 is 0 Å². The van der Waals surface area contributed by atoms with Gasteiger partial charge in [0.15, 0.2) is 0 Å². The van der Waals surface area contributed by atoms with Crippen LogP contribution >= 0.6 is 0 Å². The Bertz CT molecular complexity index is 158. The van der Waals surface area contributed by atoms with Crippen LogP contribution in [0.4, 0.5) is 0 Å². The van der Waals surface area contributed by atoms with Crippen molar-refractivity contribution in [1.82, 2.24) is 0 Å². The average molecular weight is 134 g/mol. The van der Waals surface area contributed by atoms with Gasteiger partial charge in [-0.15, -0.1) is 0 Å². The number of hydrogen-bond donors (Lipinski definition) is 0. The predicted molar refractivity (Wildman–Crippen MR) is 47.9 cm³/mol. The first-order chi connectivity index (χ1) is 4.70. The Kier molecular flexibility index (Phi) is 4.30. The molecule has 0 saturated heterocycles. The summed E-state index contributed by atoms with van der Waals surface area (Å²) in [5.41, 5.74) is 2.34. The monoisotopic (exact) mass is 134 g/mol. The molecule has 0 bridgehead atoms. The molecule has 0 aliphatic heterocycles. The van der Waals surface area contributed by atoms with Gasteiger partial charge in [0.2, 0.25) is 0 Å². The molecule has 10 heavy (non-hydrogen) atoms. The molecule has 0 radical (unpaired) electrons. The van der Waals surface area contributed by atoms with Crippen LogP contribution in [0.5, 0.6) is 0 Å². The van der Waals surface area contributed by atoms with Gasteiger partial charge in [0.05, 0.1) is 0 Å². The molecule has 0 spiro atoms. The van der Waals surface area contributed by atoms with E-state index in [1.54, 1.807) is 0 Å². The molecular weight excluding hydrogens is 120 g/mol. The van der Waals surface area contributed by atoms with Crippen LogP contribution in [-0.2, 0) is 0 Å². The Morgan fingerprint density at radius 2 is 1.20 bits per heavy atom. The predicted octanol–water partition coefficient (Wildman–Crippen LogP) is 3.25. The molecule has 0 aliphatic rings. The van der Waals surface area contributed by atoms with E-state index in [0.29, 0.717) is 0 Å². The van der Waals surface area contributed by atoms with E-state index in [0.717, 1.165) is 0 Å². The maximum absolute atomic E-state index is 3.64. The lowest BCUT2D eigenvalue weighted by atomic mass is 10.2. The van der Waals surface area contributed by atoms with Crippen molar-refractivity contribution >= 4 is 0 Å². The van der Waals surface area contributed by atoms with Crippen molar-refractivity contribution in [3.05, 3.63) is 48.6 Å². The smallest absolute Gasteiger partial charge is 0.0398 e. The average Bonchev–Trinajstić information content (AvgIpc) is 1.99. The van der Waals surface area contributed by atoms with Gasteiger partial charge >= 0.3 is 0 Å². The van der Waals surface area contributed by atoms with E-state index in [1.807, 2.05) is 38.2 Å². The summed E-state index contributed by atoms with van der Waals surface area (Å²) in [6, 6.07) is 0. The molecule has 0 rings (SSSR count). The van der Waals surface area contributed by atoms with Crippen LogP contribution in [-0.4, -0.2) is 0 Å². The Balaban J connectivity index is 4.16. The molecule has 0 fully saturated rings. The van der Waals surface area contributed by atoms with Gasteiger partial charge in [-0.2, -0.15) is 0 Å².